The number of rotatable bonds is 6. The first-order chi connectivity index (χ1) is 15.1. The molecule has 0 bridgehead atoms. The number of hydrogen-bond donors (Lipinski definition) is 1. The standard InChI is InChI=1S/C23H28N4O5/c1-16-11-22(2,3)15-23(12-16)20(30)27(21(31)25-23)13-19(29)32-14-18(28)26(10-9-24)17-7-5-4-6-8-17/h4-8,16H,10-15H2,1-3H3,(H,25,31). The second-order valence-corrected chi connectivity index (χ2v) is 9.39. The second-order valence-electron chi connectivity index (χ2n) is 9.39. The number of urea groups is 1. The van der Waals surface area contributed by atoms with Crippen LogP contribution in [0.4, 0.5) is 10.5 Å². The molecule has 2 atom stereocenters. The lowest BCUT2D eigenvalue weighted by Crippen LogP contribution is -2.54. The minimum atomic E-state index is -1.01. The third-order valence-corrected chi connectivity index (χ3v) is 5.87. The van der Waals surface area contributed by atoms with Crippen LogP contribution >= 0.6 is 0 Å². The quantitative estimate of drug-likeness (QED) is 0.411. The molecule has 2 aliphatic rings. The molecular weight excluding hydrogens is 412 g/mol. The Morgan fingerprint density at radius 1 is 1.25 bits per heavy atom. The number of nitrogens with one attached hydrogen (secondary N) is 1. The molecule has 170 valence electrons. The van der Waals surface area contributed by atoms with E-state index in [-0.39, 0.29) is 17.9 Å². The van der Waals surface area contributed by atoms with Crippen molar-refractivity contribution in [3.63, 3.8) is 0 Å². The monoisotopic (exact) mass is 440 g/mol. The second kappa shape index (κ2) is 8.99. The number of para-hydroxylation sites is 1. The van der Waals surface area contributed by atoms with E-state index in [1.54, 1.807) is 30.3 Å². The average Bonchev–Trinajstić information content (AvgIpc) is 2.92. The van der Waals surface area contributed by atoms with E-state index in [1.807, 2.05) is 13.0 Å². The molecule has 2 fully saturated rings. The number of amides is 4. The molecule has 2 unspecified atom stereocenters. The van der Waals surface area contributed by atoms with Crippen molar-refractivity contribution < 1.29 is 23.9 Å². The van der Waals surface area contributed by atoms with Crippen molar-refractivity contribution in [2.45, 2.75) is 45.6 Å². The molecule has 0 radical (unpaired) electrons. The zero-order valence-corrected chi connectivity index (χ0v) is 18.6. The summed E-state index contributed by atoms with van der Waals surface area (Å²) in [4.78, 5) is 52.5. The Balaban J connectivity index is 1.61. The van der Waals surface area contributed by atoms with Gasteiger partial charge in [0.15, 0.2) is 6.61 Å². The fourth-order valence-corrected chi connectivity index (χ4v) is 5.05. The number of benzene rings is 1. The fraction of sp³-hybridized carbons (Fsp3) is 0.522. The zero-order valence-electron chi connectivity index (χ0n) is 18.6. The van der Waals surface area contributed by atoms with Crippen LogP contribution in [0.2, 0.25) is 0 Å². The summed E-state index contributed by atoms with van der Waals surface area (Å²) in [5.74, 6) is -1.63. The van der Waals surface area contributed by atoms with Gasteiger partial charge in [-0.05, 0) is 42.7 Å². The van der Waals surface area contributed by atoms with E-state index < -0.39 is 42.5 Å². The van der Waals surface area contributed by atoms with E-state index in [4.69, 9.17) is 10.00 Å². The highest BCUT2D eigenvalue weighted by molar-refractivity contribution is 6.09. The highest BCUT2D eigenvalue weighted by Crippen LogP contribution is 2.46. The molecule has 3 rings (SSSR count). The predicted octanol–water partition coefficient (Wildman–Crippen LogP) is 2.22. The molecule has 1 saturated carbocycles. The largest absolute Gasteiger partial charge is 0.454 e. The van der Waals surface area contributed by atoms with Crippen LogP contribution in [0.5, 0.6) is 0 Å². The van der Waals surface area contributed by atoms with Gasteiger partial charge >= 0.3 is 12.0 Å². The summed E-state index contributed by atoms with van der Waals surface area (Å²) >= 11 is 0. The Bertz CT molecular complexity index is 955. The number of hydrogen-bond acceptors (Lipinski definition) is 6. The molecule has 1 aliphatic carbocycles. The van der Waals surface area contributed by atoms with Crippen molar-refractivity contribution >= 4 is 29.5 Å². The number of carbonyl (C=O) groups excluding carboxylic acids is 4. The van der Waals surface area contributed by atoms with Crippen molar-refractivity contribution in [2.75, 3.05) is 24.6 Å². The van der Waals surface area contributed by atoms with E-state index in [9.17, 15) is 19.2 Å². The SMILES string of the molecule is CC1CC(C)(C)CC2(C1)NC(=O)N(CC(=O)OCC(=O)N(CC#N)c1ccccc1)C2=O. The van der Waals surface area contributed by atoms with Crippen molar-refractivity contribution in [1.82, 2.24) is 10.2 Å². The van der Waals surface area contributed by atoms with Crippen molar-refractivity contribution in [2.24, 2.45) is 11.3 Å². The predicted molar refractivity (Wildman–Crippen MR) is 115 cm³/mol. The summed E-state index contributed by atoms with van der Waals surface area (Å²) in [5.41, 5.74) is -0.628. The van der Waals surface area contributed by atoms with Crippen LogP contribution in [-0.4, -0.2) is 54.0 Å². The normalized spacial score (nSPS) is 24.1. The first kappa shape index (κ1) is 23.3. The molecule has 1 aromatic carbocycles. The van der Waals surface area contributed by atoms with Gasteiger partial charge in [0.25, 0.3) is 11.8 Å². The lowest BCUT2D eigenvalue weighted by molar-refractivity contribution is -0.151. The molecule has 9 heteroatoms. The van der Waals surface area contributed by atoms with E-state index in [2.05, 4.69) is 19.2 Å². The lowest BCUT2D eigenvalue weighted by atomic mass is 9.64. The van der Waals surface area contributed by atoms with E-state index in [0.717, 1.165) is 11.3 Å². The van der Waals surface area contributed by atoms with Gasteiger partial charge < -0.3 is 10.1 Å². The van der Waals surface area contributed by atoms with Crippen LogP contribution in [0, 0.1) is 22.7 Å². The minimum absolute atomic E-state index is 0.120. The van der Waals surface area contributed by atoms with E-state index >= 15 is 0 Å². The topological polar surface area (TPSA) is 120 Å². The number of carbonyl (C=O) groups is 4. The maximum absolute atomic E-state index is 13.1. The molecule has 1 spiro atoms. The van der Waals surface area contributed by atoms with E-state index in [1.165, 1.54) is 4.90 Å². The molecule has 1 aromatic rings. The maximum atomic E-state index is 13.1. The van der Waals surface area contributed by atoms with Gasteiger partial charge in [-0.25, -0.2) is 4.79 Å². The van der Waals surface area contributed by atoms with Gasteiger partial charge in [-0.3, -0.25) is 24.2 Å². The molecule has 1 saturated heterocycles. The first-order valence-electron chi connectivity index (χ1n) is 10.6. The molecular formula is C23H28N4O5. The van der Waals surface area contributed by atoms with Crippen LogP contribution in [-0.2, 0) is 19.1 Å². The van der Waals surface area contributed by atoms with Gasteiger partial charge in [-0.2, -0.15) is 5.26 Å². The van der Waals surface area contributed by atoms with Crippen molar-refractivity contribution in [3.05, 3.63) is 30.3 Å². The van der Waals surface area contributed by atoms with Crippen molar-refractivity contribution in [3.8, 4) is 6.07 Å². The van der Waals surface area contributed by atoms with Gasteiger partial charge in [-0.15, -0.1) is 0 Å². The molecule has 4 amide bonds. The number of nitriles is 1. The first-order valence-corrected chi connectivity index (χ1v) is 10.6. The fourth-order valence-electron chi connectivity index (χ4n) is 5.05. The summed E-state index contributed by atoms with van der Waals surface area (Å²) < 4.78 is 5.04. The molecule has 1 N–H and O–H groups in total. The Morgan fingerprint density at radius 2 is 1.94 bits per heavy atom. The summed E-state index contributed by atoms with van der Waals surface area (Å²) in [6.07, 6.45) is 1.97. The minimum Gasteiger partial charge on any atom is -0.454 e. The van der Waals surface area contributed by atoms with Crippen molar-refractivity contribution in [1.29, 1.82) is 5.26 Å². The molecule has 1 aliphatic heterocycles. The Labute approximate surface area is 187 Å². The highest BCUT2D eigenvalue weighted by atomic mass is 16.5. The number of ether oxygens (including phenoxy) is 1. The Morgan fingerprint density at radius 3 is 2.56 bits per heavy atom. The smallest absolute Gasteiger partial charge is 0.326 e. The molecule has 0 aromatic heterocycles. The molecule has 32 heavy (non-hydrogen) atoms. The van der Waals surface area contributed by atoms with Crippen LogP contribution in [0.3, 0.4) is 0 Å². The Hall–Kier alpha value is -3.41. The molecule has 9 nitrogen and oxygen atoms in total. The summed E-state index contributed by atoms with van der Waals surface area (Å²) in [5, 5.41) is 11.8. The lowest BCUT2D eigenvalue weighted by Gasteiger charge is -2.43. The highest BCUT2D eigenvalue weighted by Gasteiger charge is 2.56. The third-order valence-electron chi connectivity index (χ3n) is 5.87. The van der Waals surface area contributed by atoms with Gasteiger partial charge in [0, 0.05) is 5.69 Å². The number of imide groups is 1. The number of esters is 1. The van der Waals surface area contributed by atoms with Gasteiger partial charge in [0.2, 0.25) is 0 Å². The van der Waals surface area contributed by atoms with Gasteiger partial charge in [0.05, 0.1) is 6.07 Å². The summed E-state index contributed by atoms with van der Waals surface area (Å²) in [7, 11) is 0. The van der Waals surface area contributed by atoms with Crippen LogP contribution < -0.4 is 10.2 Å². The maximum Gasteiger partial charge on any atom is 0.326 e. The van der Waals surface area contributed by atoms with Crippen LogP contribution in [0.1, 0.15) is 40.0 Å². The van der Waals surface area contributed by atoms with Gasteiger partial charge in [0.1, 0.15) is 18.6 Å². The van der Waals surface area contributed by atoms with Gasteiger partial charge in [-0.1, -0.05) is 39.0 Å². The van der Waals surface area contributed by atoms with E-state index in [0.29, 0.717) is 18.5 Å². The molecule has 1 heterocycles. The number of nitrogens with zero attached hydrogens (tertiary/aromatic N) is 3. The zero-order chi connectivity index (χ0) is 23.5. The average molecular weight is 441 g/mol. The summed E-state index contributed by atoms with van der Waals surface area (Å²) in [6.45, 7) is 4.79. The summed E-state index contributed by atoms with van der Waals surface area (Å²) in [6, 6.07) is 9.83. The van der Waals surface area contributed by atoms with Crippen LogP contribution in [0.15, 0.2) is 30.3 Å². The Kier molecular flexibility index (Phi) is 6.53. The number of anilines is 1. The third kappa shape index (κ3) is 4.90. The van der Waals surface area contributed by atoms with Crippen LogP contribution in [0.25, 0.3) is 0 Å².